The van der Waals surface area contributed by atoms with Crippen molar-refractivity contribution in [3.8, 4) is 11.5 Å². The van der Waals surface area contributed by atoms with Crippen molar-refractivity contribution in [1.29, 1.82) is 0 Å². The van der Waals surface area contributed by atoms with Crippen LogP contribution in [-0.4, -0.2) is 7.11 Å². The average molecular weight is 376 g/mol. The van der Waals surface area contributed by atoms with Crippen LogP contribution in [0.2, 0.25) is 10.0 Å². The van der Waals surface area contributed by atoms with Crippen molar-refractivity contribution in [2.24, 2.45) is 0 Å². The van der Waals surface area contributed by atoms with Crippen molar-refractivity contribution >= 4 is 39.1 Å². The van der Waals surface area contributed by atoms with Gasteiger partial charge in [-0.2, -0.15) is 0 Å². The molecular weight excluding hydrogens is 363 g/mol. The zero-order valence-electron chi connectivity index (χ0n) is 10.8. The Morgan fingerprint density at radius 1 is 1.10 bits per heavy atom. The molecule has 0 atom stereocenters. The van der Waals surface area contributed by atoms with E-state index in [1.54, 1.807) is 19.2 Å². The van der Waals surface area contributed by atoms with Gasteiger partial charge in [-0.3, -0.25) is 0 Å². The zero-order chi connectivity index (χ0) is 14.5. The van der Waals surface area contributed by atoms with Crippen LogP contribution in [0.25, 0.3) is 0 Å². The molecule has 0 unspecified atom stereocenters. The second-order valence-corrected chi connectivity index (χ2v) is 5.49. The lowest BCUT2D eigenvalue weighted by Gasteiger charge is -2.14. The molecule has 0 aliphatic heterocycles. The number of ether oxygens (including phenoxy) is 2. The summed E-state index contributed by atoms with van der Waals surface area (Å²) in [6.45, 7) is 0.400. The van der Waals surface area contributed by atoms with Gasteiger partial charge in [0.15, 0.2) is 11.5 Å². The van der Waals surface area contributed by atoms with Crippen molar-refractivity contribution in [1.82, 2.24) is 0 Å². The highest BCUT2D eigenvalue weighted by Crippen LogP contribution is 2.33. The summed E-state index contributed by atoms with van der Waals surface area (Å²) in [5.41, 5.74) is 1.98. The van der Waals surface area contributed by atoms with E-state index in [0.717, 1.165) is 16.9 Å². The molecule has 0 saturated heterocycles. The Labute approximate surface area is 136 Å². The van der Waals surface area contributed by atoms with E-state index in [0.29, 0.717) is 27.7 Å². The maximum Gasteiger partial charge on any atom is 0.165 e. The minimum absolute atomic E-state index is 0.400. The van der Waals surface area contributed by atoms with E-state index in [4.69, 9.17) is 32.7 Å². The molecule has 2 aromatic rings. The fourth-order valence-electron chi connectivity index (χ4n) is 1.78. The predicted molar refractivity (Wildman–Crippen MR) is 86.4 cm³/mol. The van der Waals surface area contributed by atoms with Crippen molar-refractivity contribution in [3.05, 3.63) is 57.6 Å². The lowest BCUT2D eigenvalue weighted by atomic mass is 10.2. The van der Waals surface area contributed by atoms with Crippen LogP contribution in [-0.2, 0) is 11.9 Å². The maximum absolute atomic E-state index is 5.99. The van der Waals surface area contributed by atoms with E-state index in [2.05, 4.69) is 15.9 Å². The molecule has 2 nitrogen and oxygen atoms in total. The molecule has 0 spiro atoms. The lowest BCUT2D eigenvalue weighted by Crippen LogP contribution is -2.00. The summed E-state index contributed by atoms with van der Waals surface area (Å²) in [6, 6.07) is 11.2. The van der Waals surface area contributed by atoms with Crippen LogP contribution in [0.3, 0.4) is 0 Å². The maximum atomic E-state index is 5.99. The van der Waals surface area contributed by atoms with Gasteiger partial charge in [-0.25, -0.2) is 0 Å². The molecule has 0 radical (unpaired) electrons. The van der Waals surface area contributed by atoms with Gasteiger partial charge in [-0.05, 0) is 23.8 Å². The molecule has 0 amide bonds. The monoisotopic (exact) mass is 374 g/mol. The molecule has 0 saturated carbocycles. The molecule has 0 N–H and O–H groups in total. The van der Waals surface area contributed by atoms with Gasteiger partial charge in [0.2, 0.25) is 0 Å². The van der Waals surface area contributed by atoms with E-state index in [1.807, 2.05) is 24.3 Å². The summed E-state index contributed by atoms with van der Waals surface area (Å²) < 4.78 is 11.2. The van der Waals surface area contributed by atoms with Crippen LogP contribution in [0.1, 0.15) is 11.1 Å². The van der Waals surface area contributed by atoms with Crippen LogP contribution in [0.4, 0.5) is 0 Å². The molecule has 0 bridgehead atoms. The van der Waals surface area contributed by atoms with Gasteiger partial charge in [0.05, 0.1) is 17.2 Å². The Morgan fingerprint density at radius 2 is 1.90 bits per heavy atom. The molecular formula is C15H13BrCl2O2. The molecule has 0 aliphatic carbocycles. The minimum Gasteiger partial charge on any atom is -0.493 e. The smallest absolute Gasteiger partial charge is 0.165 e. The van der Waals surface area contributed by atoms with Crippen molar-refractivity contribution < 1.29 is 9.47 Å². The first-order valence-electron chi connectivity index (χ1n) is 5.94. The summed E-state index contributed by atoms with van der Waals surface area (Å²) in [4.78, 5) is 0. The first kappa shape index (κ1) is 15.5. The van der Waals surface area contributed by atoms with E-state index >= 15 is 0 Å². The second kappa shape index (κ2) is 7.21. The van der Waals surface area contributed by atoms with E-state index < -0.39 is 0 Å². The van der Waals surface area contributed by atoms with Crippen molar-refractivity contribution in [3.63, 3.8) is 0 Å². The highest BCUT2D eigenvalue weighted by Gasteiger charge is 2.10. The zero-order valence-corrected chi connectivity index (χ0v) is 13.9. The van der Waals surface area contributed by atoms with Gasteiger partial charge in [0, 0.05) is 10.9 Å². The summed E-state index contributed by atoms with van der Waals surface area (Å²) in [5.74, 6) is 1.44. The molecule has 0 aliphatic rings. The van der Waals surface area contributed by atoms with Crippen LogP contribution in [0.15, 0.2) is 36.4 Å². The lowest BCUT2D eigenvalue weighted by molar-refractivity contribution is 0.282. The van der Waals surface area contributed by atoms with Gasteiger partial charge in [0.25, 0.3) is 0 Å². The molecule has 0 aromatic heterocycles. The third kappa shape index (κ3) is 3.60. The largest absolute Gasteiger partial charge is 0.493 e. The number of halogens is 3. The van der Waals surface area contributed by atoms with E-state index in [1.165, 1.54) is 0 Å². The van der Waals surface area contributed by atoms with Gasteiger partial charge < -0.3 is 9.47 Å². The van der Waals surface area contributed by atoms with Crippen LogP contribution in [0, 0.1) is 0 Å². The topological polar surface area (TPSA) is 18.5 Å². The standard InChI is InChI=1S/C15H13BrCl2O2/c1-19-14-4-2-3-11(8-16)15(14)20-9-10-5-6-12(17)13(18)7-10/h2-7H,8-9H2,1H3. The first-order chi connectivity index (χ1) is 9.65. The molecule has 0 heterocycles. The van der Waals surface area contributed by atoms with E-state index in [-0.39, 0.29) is 0 Å². The van der Waals surface area contributed by atoms with Gasteiger partial charge in [-0.1, -0.05) is 57.3 Å². The average Bonchev–Trinajstić information content (AvgIpc) is 2.48. The second-order valence-electron chi connectivity index (χ2n) is 4.12. The highest BCUT2D eigenvalue weighted by molar-refractivity contribution is 9.08. The molecule has 20 heavy (non-hydrogen) atoms. The van der Waals surface area contributed by atoms with Crippen LogP contribution in [0.5, 0.6) is 11.5 Å². The summed E-state index contributed by atoms with van der Waals surface area (Å²) in [6.07, 6.45) is 0. The van der Waals surface area contributed by atoms with Gasteiger partial charge >= 0.3 is 0 Å². The number of hydrogen-bond acceptors (Lipinski definition) is 2. The Balaban J connectivity index is 2.19. The molecule has 2 aromatic carbocycles. The number of hydrogen-bond donors (Lipinski definition) is 0. The molecule has 5 heteroatoms. The predicted octanol–water partition coefficient (Wildman–Crippen LogP) is 5.48. The molecule has 106 valence electrons. The minimum atomic E-state index is 0.400. The Hall–Kier alpha value is -0.900. The molecule has 0 fully saturated rings. The van der Waals surface area contributed by atoms with Gasteiger partial charge in [-0.15, -0.1) is 0 Å². The summed E-state index contributed by atoms with van der Waals surface area (Å²) >= 11 is 15.3. The fraction of sp³-hybridized carbons (Fsp3) is 0.200. The first-order valence-corrected chi connectivity index (χ1v) is 7.82. The third-order valence-electron chi connectivity index (χ3n) is 2.79. The Kier molecular flexibility index (Phi) is 5.58. The van der Waals surface area contributed by atoms with Crippen molar-refractivity contribution in [2.75, 3.05) is 7.11 Å². The number of rotatable bonds is 5. The number of alkyl halides is 1. The number of para-hydroxylation sites is 1. The number of benzene rings is 2. The molecule has 2 rings (SSSR count). The Bertz CT molecular complexity index is 580. The van der Waals surface area contributed by atoms with Crippen LogP contribution < -0.4 is 9.47 Å². The normalized spacial score (nSPS) is 10.4. The van der Waals surface area contributed by atoms with Crippen molar-refractivity contribution in [2.45, 2.75) is 11.9 Å². The number of methoxy groups -OCH3 is 1. The Morgan fingerprint density at radius 3 is 2.55 bits per heavy atom. The quantitative estimate of drug-likeness (QED) is 0.644. The van der Waals surface area contributed by atoms with Crippen LogP contribution >= 0.6 is 39.1 Å². The SMILES string of the molecule is COc1cccc(CBr)c1OCc1ccc(Cl)c(Cl)c1. The fourth-order valence-corrected chi connectivity index (χ4v) is 2.54. The highest BCUT2D eigenvalue weighted by atomic mass is 79.9. The van der Waals surface area contributed by atoms with Gasteiger partial charge in [0.1, 0.15) is 6.61 Å². The summed E-state index contributed by atoms with van der Waals surface area (Å²) in [7, 11) is 1.62. The summed E-state index contributed by atoms with van der Waals surface area (Å²) in [5, 5.41) is 1.75. The van der Waals surface area contributed by atoms with E-state index in [9.17, 15) is 0 Å². The third-order valence-corrected chi connectivity index (χ3v) is 4.13.